The largest absolute Gasteiger partial charge is 0.353 e. The van der Waals surface area contributed by atoms with E-state index >= 15 is 0 Å². The number of hydrogen-bond acceptors (Lipinski definition) is 5. The second kappa shape index (κ2) is 3.93. The van der Waals surface area contributed by atoms with Gasteiger partial charge in [0.05, 0.1) is 17.9 Å². The van der Waals surface area contributed by atoms with Gasteiger partial charge in [-0.15, -0.1) is 0 Å². The van der Waals surface area contributed by atoms with Gasteiger partial charge in [0.15, 0.2) is 5.69 Å². The lowest BCUT2D eigenvalue weighted by atomic mass is 10.2. The van der Waals surface area contributed by atoms with Crippen molar-refractivity contribution in [1.82, 2.24) is 19.0 Å². The Bertz CT molecular complexity index is 378. The van der Waals surface area contributed by atoms with Crippen molar-refractivity contribution < 1.29 is 9.59 Å². The predicted molar refractivity (Wildman–Crippen MR) is 53.4 cm³/mol. The van der Waals surface area contributed by atoms with Crippen molar-refractivity contribution in [3.63, 3.8) is 0 Å². The molecule has 1 saturated heterocycles. The molecule has 1 unspecified atom stereocenters. The number of carbonyl (C=O) groups is 2. The van der Waals surface area contributed by atoms with Gasteiger partial charge in [-0.25, -0.2) is 0 Å². The molecule has 0 aromatic carbocycles. The average Bonchev–Trinajstić information content (AvgIpc) is 2.74. The summed E-state index contributed by atoms with van der Waals surface area (Å²) in [5.74, 6) is -0.358. The number of piperazine rings is 1. The first-order valence-electron chi connectivity index (χ1n) is 4.56. The molecule has 0 aliphatic carbocycles. The number of hydrogen-bond donors (Lipinski definition) is 1. The molecule has 1 atom stereocenters. The van der Waals surface area contributed by atoms with Gasteiger partial charge >= 0.3 is 0 Å². The molecule has 1 aromatic heterocycles. The van der Waals surface area contributed by atoms with Gasteiger partial charge in [0.2, 0.25) is 5.91 Å². The Morgan fingerprint density at radius 3 is 3.20 bits per heavy atom. The van der Waals surface area contributed by atoms with Gasteiger partial charge in [-0.3, -0.25) is 9.59 Å². The third-order valence-electron chi connectivity index (χ3n) is 2.34. The Balaban J connectivity index is 2.16. The van der Waals surface area contributed by atoms with Gasteiger partial charge < -0.3 is 10.2 Å². The first-order valence-corrected chi connectivity index (χ1v) is 5.29. The fourth-order valence-electron chi connectivity index (χ4n) is 1.47. The molecular formula is C8H10N4O2S. The fourth-order valence-corrected chi connectivity index (χ4v) is 1.87. The minimum absolute atomic E-state index is 0.127. The van der Waals surface area contributed by atoms with Crippen molar-refractivity contribution in [2.45, 2.75) is 13.0 Å². The fraction of sp³-hybridized carbons (Fsp3) is 0.500. The van der Waals surface area contributed by atoms with Crippen LogP contribution in [0.4, 0.5) is 0 Å². The Labute approximate surface area is 90.6 Å². The molecule has 80 valence electrons. The highest BCUT2D eigenvalue weighted by molar-refractivity contribution is 6.99. The lowest BCUT2D eigenvalue weighted by molar-refractivity contribution is -0.127. The van der Waals surface area contributed by atoms with Gasteiger partial charge in [0.1, 0.15) is 6.04 Å². The number of aromatic nitrogens is 2. The van der Waals surface area contributed by atoms with Crippen molar-refractivity contribution >= 4 is 23.5 Å². The molecule has 1 aromatic rings. The van der Waals surface area contributed by atoms with E-state index in [0.29, 0.717) is 18.8 Å². The lowest BCUT2D eigenvalue weighted by Crippen LogP contribution is -2.55. The van der Waals surface area contributed by atoms with E-state index in [0.717, 1.165) is 11.7 Å². The van der Waals surface area contributed by atoms with Gasteiger partial charge in [-0.2, -0.15) is 8.75 Å². The topological polar surface area (TPSA) is 75.2 Å². The summed E-state index contributed by atoms with van der Waals surface area (Å²) in [4.78, 5) is 24.7. The van der Waals surface area contributed by atoms with Crippen LogP contribution in [0, 0.1) is 0 Å². The maximum Gasteiger partial charge on any atom is 0.275 e. The summed E-state index contributed by atoms with van der Waals surface area (Å²) in [6, 6.07) is -0.437. The van der Waals surface area contributed by atoms with Crippen molar-refractivity contribution in [2.24, 2.45) is 0 Å². The lowest BCUT2D eigenvalue weighted by Gasteiger charge is -2.32. The van der Waals surface area contributed by atoms with E-state index in [2.05, 4.69) is 14.1 Å². The van der Waals surface area contributed by atoms with Crippen LogP contribution in [0.25, 0.3) is 0 Å². The van der Waals surface area contributed by atoms with Crippen molar-refractivity contribution in [2.75, 3.05) is 13.1 Å². The van der Waals surface area contributed by atoms with Crippen LogP contribution in [0.1, 0.15) is 17.4 Å². The highest BCUT2D eigenvalue weighted by atomic mass is 32.1. The number of rotatable bonds is 1. The first-order chi connectivity index (χ1) is 7.20. The molecule has 0 spiro atoms. The Hall–Kier alpha value is -1.50. The molecule has 6 nitrogen and oxygen atoms in total. The molecule has 2 heterocycles. The summed E-state index contributed by atoms with van der Waals surface area (Å²) >= 11 is 0.986. The Morgan fingerprint density at radius 2 is 2.53 bits per heavy atom. The molecule has 1 fully saturated rings. The third kappa shape index (κ3) is 1.82. The van der Waals surface area contributed by atoms with Gasteiger partial charge in [-0.05, 0) is 6.92 Å². The quantitative estimate of drug-likeness (QED) is 0.700. The molecule has 7 heteroatoms. The number of nitrogens with zero attached hydrogens (tertiary/aromatic N) is 3. The van der Waals surface area contributed by atoms with Crippen LogP contribution >= 0.6 is 11.7 Å². The molecule has 0 radical (unpaired) electrons. The molecule has 0 saturated carbocycles. The van der Waals surface area contributed by atoms with E-state index < -0.39 is 6.04 Å². The van der Waals surface area contributed by atoms with Crippen LogP contribution in [0.3, 0.4) is 0 Å². The minimum Gasteiger partial charge on any atom is -0.353 e. The zero-order chi connectivity index (χ0) is 10.8. The maximum atomic E-state index is 11.9. The second-order valence-electron chi connectivity index (χ2n) is 3.26. The van der Waals surface area contributed by atoms with Crippen LogP contribution in [0.2, 0.25) is 0 Å². The molecule has 1 aliphatic heterocycles. The monoisotopic (exact) mass is 226 g/mol. The van der Waals surface area contributed by atoms with E-state index in [1.54, 1.807) is 6.92 Å². The molecule has 2 amide bonds. The van der Waals surface area contributed by atoms with Crippen LogP contribution < -0.4 is 5.32 Å². The third-order valence-corrected chi connectivity index (χ3v) is 2.82. The van der Waals surface area contributed by atoms with E-state index in [9.17, 15) is 9.59 Å². The number of nitrogens with one attached hydrogen (secondary N) is 1. The molecule has 0 bridgehead atoms. The standard InChI is InChI=1S/C8H10N4O2S/c1-5-7(13)9-2-3-12(5)8(14)6-4-10-15-11-6/h4-5H,2-3H2,1H3,(H,9,13). The number of carbonyl (C=O) groups excluding carboxylic acids is 2. The van der Waals surface area contributed by atoms with Crippen LogP contribution in [-0.2, 0) is 4.79 Å². The average molecular weight is 226 g/mol. The molecule has 2 rings (SSSR count). The summed E-state index contributed by atoms with van der Waals surface area (Å²) in [5.41, 5.74) is 0.307. The van der Waals surface area contributed by atoms with E-state index in [-0.39, 0.29) is 11.8 Å². The van der Waals surface area contributed by atoms with Gasteiger partial charge in [0.25, 0.3) is 5.91 Å². The molecular weight excluding hydrogens is 216 g/mol. The molecule has 1 aliphatic rings. The summed E-state index contributed by atoms with van der Waals surface area (Å²) in [5, 5.41) is 2.70. The summed E-state index contributed by atoms with van der Waals surface area (Å²) < 4.78 is 7.62. The highest BCUT2D eigenvalue weighted by Crippen LogP contribution is 2.09. The van der Waals surface area contributed by atoms with Gasteiger partial charge in [0, 0.05) is 13.1 Å². The zero-order valence-corrected chi connectivity index (χ0v) is 8.95. The minimum atomic E-state index is -0.437. The van der Waals surface area contributed by atoms with E-state index in [1.807, 2.05) is 0 Å². The zero-order valence-electron chi connectivity index (χ0n) is 8.14. The van der Waals surface area contributed by atoms with Crippen molar-refractivity contribution in [3.8, 4) is 0 Å². The van der Waals surface area contributed by atoms with Crippen molar-refractivity contribution in [1.29, 1.82) is 0 Å². The summed E-state index contributed by atoms with van der Waals surface area (Å²) in [7, 11) is 0. The normalized spacial score (nSPS) is 21.3. The molecule has 15 heavy (non-hydrogen) atoms. The number of amides is 2. The van der Waals surface area contributed by atoms with Crippen LogP contribution in [-0.4, -0.2) is 44.6 Å². The Kier molecular flexibility index (Phi) is 2.63. The summed E-state index contributed by atoms with van der Waals surface area (Å²) in [6.07, 6.45) is 1.42. The smallest absolute Gasteiger partial charge is 0.275 e. The van der Waals surface area contributed by atoms with Crippen LogP contribution in [0.5, 0.6) is 0 Å². The van der Waals surface area contributed by atoms with Gasteiger partial charge in [-0.1, -0.05) is 0 Å². The van der Waals surface area contributed by atoms with Crippen LogP contribution in [0.15, 0.2) is 6.20 Å². The molecule has 1 N–H and O–H groups in total. The second-order valence-corrected chi connectivity index (χ2v) is 3.81. The first kappa shape index (κ1) is 10.0. The highest BCUT2D eigenvalue weighted by Gasteiger charge is 2.30. The predicted octanol–water partition coefficient (Wildman–Crippen LogP) is -0.501. The Morgan fingerprint density at radius 1 is 1.73 bits per heavy atom. The van der Waals surface area contributed by atoms with E-state index in [1.165, 1.54) is 11.1 Å². The van der Waals surface area contributed by atoms with E-state index in [4.69, 9.17) is 0 Å². The summed E-state index contributed by atoms with van der Waals surface area (Å²) in [6.45, 7) is 2.71. The maximum absolute atomic E-state index is 11.9. The SMILES string of the molecule is CC1C(=O)NCCN1C(=O)c1cnsn1. The van der Waals surface area contributed by atoms with Crippen molar-refractivity contribution in [3.05, 3.63) is 11.9 Å².